The molecule has 0 aromatic carbocycles. The van der Waals surface area contributed by atoms with Crippen molar-refractivity contribution in [1.29, 1.82) is 0 Å². The van der Waals surface area contributed by atoms with Gasteiger partial charge in [0.05, 0.1) is 6.61 Å². The van der Waals surface area contributed by atoms with E-state index in [0.717, 1.165) is 12.8 Å². The minimum Gasteiger partial charge on any atom is -0.371 e. The van der Waals surface area contributed by atoms with Crippen LogP contribution in [-0.4, -0.2) is 25.7 Å². The lowest BCUT2D eigenvalue weighted by Crippen LogP contribution is -2.18. The van der Waals surface area contributed by atoms with Crippen molar-refractivity contribution < 1.29 is 9.53 Å². The summed E-state index contributed by atoms with van der Waals surface area (Å²) >= 11 is 0. The van der Waals surface area contributed by atoms with Crippen LogP contribution in [0.5, 0.6) is 0 Å². The Hall–Kier alpha value is -0.610. The fraction of sp³-hybridized carbons (Fsp3) is 0.714. The van der Waals surface area contributed by atoms with E-state index >= 15 is 0 Å². The van der Waals surface area contributed by atoms with Crippen LogP contribution in [0.4, 0.5) is 0 Å². The van der Waals surface area contributed by atoms with Gasteiger partial charge >= 0.3 is 0 Å². The zero-order valence-electron chi connectivity index (χ0n) is 6.58. The Kier molecular flexibility index (Phi) is 7.08. The van der Waals surface area contributed by atoms with Crippen molar-refractivity contribution in [2.45, 2.75) is 12.8 Å². The first kappa shape index (κ1) is 10.4. The van der Waals surface area contributed by atoms with Crippen LogP contribution in [0.15, 0.2) is 0 Å². The molecule has 0 saturated carbocycles. The number of carbonyl (C=O) groups is 1. The molecule has 0 aromatic rings. The van der Waals surface area contributed by atoms with Gasteiger partial charge in [-0.2, -0.15) is 0 Å². The van der Waals surface area contributed by atoms with E-state index in [1.54, 1.807) is 0 Å². The summed E-state index contributed by atoms with van der Waals surface area (Å²) in [6, 6.07) is 0. The summed E-state index contributed by atoms with van der Waals surface area (Å²) in [6.45, 7) is 1.16. The standard InChI is InChI=1S/C7H15N2O2/c8-4-2-1-3-5-11-6-7(9)10/h3H,1-2,4-6,8H2,(H2,9,10). The molecule has 4 heteroatoms. The summed E-state index contributed by atoms with van der Waals surface area (Å²) in [5.74, 6) is -0.433. The van der Waals surface area contributed by atoms with Gasteiger partial charge in [0.1, 0.15) is 6.61 Å². The molecule has 1 amide bonds. The summed E-state index contributed by atoms with van der Waals surface area (Å²) in [4.78, 5) is 10.2. The van der Waals surface area contributed by atoms with Crippen LogP contribution in [0, 0.1) is 6.42 Å². The molecule has 0 spiro atoms. The third-order valence-corrected chi connectivity index (χ3v) is 1.09. The lowest BCUT2D eigenvalue weighted by Gasteiger charge is -1.99. The number of unbranched alkanes of at least 4 members (excludes halogenated alkanes) is 2. The second-order valence-corrected chi connectivity index (χ2v) is 2.20. The number of nitrogens with two attached hydrogens (primary N) is 2. The highest BCUT2D eigenvalue weighted by molar-refractivity contribution is 5.74. The Balaban J connectivity index is 2.85. The summed E-state index contributed by atoms with van der Waals surface area (Å²) in [5, 5.41) is 0. The maximum atomic E-state index is 10.2. The SMILES string of the molecule is NCCC[CH]COCC(N)=O. The highest BCUT2D eigenvalue weighted by Crippen LogP contribution is 1.91. The normalized spacial score (nSPS) is 9.91. The lowest BCUT2D eigenvalue weighted by molar-refractivity contribution is -0.122. The number of rotatable bonds is 7. The first-order chi connectivity index (χ1) is 5.27. The van der Waals surface area contributed by atoms with Gasteiger partial charge < -0.3 is 16.2 Å². The molecule has 65 valence electrons. The molecule has 0 aliphatic carbocycles. The van der Waals surface area contributed by atoms with Gasteiger partial charge in [0.15, 0.2) is 0 Å². The van der Waals surface area contributed by atoms with Crippen LogP contribution >= 0.6 is 0 Å². The van der Waals surface area contributed by atoms with E-state index in [-0.39, 0.29) is 6.61 Å². The van der Waals surface area contributed by atoms with Crippen LogP contribution in [0.3, 0.4) is 0 Å². The van der Waals surface area contributed by atoms with Gasteiger partial charge in [-0.05, 0) is 25.8 Å². The molecule has 0 bridgehead atoms. The molecule has 0 unspecified atom stereocenters. The van der Waals surface area contributed by atoms with Gasteiger partial charge in [0.25, 0.3) is 0 Å². The number of hydrogen-bond acceptors (Lipinski definition) is 3. The van der Waals surface area contributed by atoms with E-state index in [2.05, 4.69) is 0 Å². The van der Waals surface area contributed by atoms with Crippen LogP contribution < -0.4 is 11.5 Å². The van der Waals surface area contributed by atoms with Crippen LogP contribution in [0.25, 0.3) is 0 Å². The largest absolute Gasteiger partial charge is 0.371 e. The highest BCUT2D eigenvalue weighted by atomic mass is 16.5. The Bertz CT molecular complexity index is 107. The third kappa shape index (κ3) is 9.39. The Labute approximate surface area is 66.9 Å². The maximum Gasteiger partial charge on any atom is 0.243 e. The van der Waals surface area contributed by atoms with Crippen molar-refractivity contribution >= 4 is 5.91 Å². The number of amides is 1. The molecule has 0 rings (SSSR count). The molecule has 0 atom stereocenters. The van der Waals surface area contributed by atoms with Crippen molar-refractivity contribution in [3.63, 3.8) is 0 Å². The second-order valence-electron chi connectivity index (χ2n) is 2.20. The van der Waals surface area contributed by atoms with Crippen molar-refractivity contribution in [2.75, 3.05) is 19.8 Å². The summed E-state index contributed by atoms with van der Waals surface area (Å²) in [5.41, 5.74) is 10.1. The van der Waals surface area contributed by atoms with E-state index < -0.39 is 5.91 Å². The van der Waals surface area contributed by atoms with Crippen LogP contribution in [0.2, 0.25) is 0 Å². The Morgan fingerprint density at radius 1 is 1.55 bits per heavy atom. The summed E-state index contributed by atoms with van der Waals surface area (Å²) < 4.78 is 4.87. The van der Waals surface area contributed by atoms with Gasteiger partial charge in [-0.15, -0.1) is 0 Å². The minimum atomic E-state index is -0.433. The molecule has 4 nitrogen and oxygen atoms in total. The molecule has 0 aliphatic rings. The minimum absolute atomic E-state index is 0.000868. The topological polar surface area (TPSA) is 78.3 Å². The summed E-state index contributed by atoms with van der Waals surface area (Å²) in [7, 11) is 0. The monoisotopic (exact) mass is 159 g/mol. The fourth-order valence-corrected chi connectivity index (χ4v) is 0.588. The van der Waals surface area contributed by atoms with Crippen molar-refractivity contribution in [1.82, 2.24) is 0 Å². The van der Waals surface area contributed by atoms with Gasteiger partial charge in [-0.3, -0.25) is 4.79 Å². The molecule has 0 heterocycles. The first-order valence-corrected chi connectivity index (χ1v) is 3.65. The molecule has 0 aromatic heterocycles. The predicted octanol–water partition coefficient (Wildman–Crippen LogP) is -0.569. The molecule has 4 N–H and O–H groups in total. The smallest absolute Gasteiger partial charge is 0.243 e. The van der Waals surface area contributed by atoms with Gasteiger partial charge in [0.2, 0.25) is 5.91 Å². The second kappa shape index (κ2) is 7.50. The van der Waals surface area contributed by atoms with E-state index in [1.165, 1.54) is 0 Å². The van der Waals surface area contributed by atoms with E-state index in [1.807, 2.05) is 6.42 Å². The lowest BCUT2D eigenvalue weighted by atomic mass is 10.2. The average Bonchev–Trinajstić information content (AvgIpc) is 1.96. The fourth-order valence-electron chi connectivity index (χ4n) is 0.588. The molecule has 1 radical (unpaired) electrons. The molecular formula is C7H15N2O2. The zero-order chi connectivity index (χ0) is 8.53. The number of primary amides is 1. The maximum absolute atomic E-state index is 10.2. The van der Waals surface area contributed by atoms with Crippen molar-refractivity contribution in [2.24, 2.45) is 11.5 Å². The zero-order valence-corrected chi connectivity index (χ0v) is 6.58. The van der Waals surface area contributed by atoms with Gasteiger partial charge in [0, 0.05) is 0 Å². The van der Waals surface area contributed by atoms with Crippen molar-refractivity contribution in [3.05, 3.63) is 6.42 Å². The Morgan fingerprint density at radius 3 is 2.82 bits per heavy atom. The molecule has 0 saturated heterocycles. The number of carbonyl (C=O) groups excluding carboxylic acids is 1. The molecule has 0 aliphatic heterocycles. The molecule has 11 heavy (non-hydrogen) atoms. The van der Waals surface area contributed by atoms with E-state index in [9.17, 15) is 4.79 Å². The van der Waals surface area contributed by atoms with Gasteiger partial charge in [-0.25, -0.2) is 0 Å². The van der Waals surface area contributed by atoms with E-state index in [4.69, 9.17) is 16.2 Å². The van der Waals surface area contributed by atoms with Crippen molar-refractivity contribution in [3.8, 4) is 0 Å². The highest BCUT2D eigenvalue weighted by Gasteiger charge is 1.93. The summed E-state index contributed by atoms with van der Waals surface area (Å²) in [6.07, 6.45) is 3.82. The molecule has 0 fully saturated rings. The molecular weight excluding hydrogens is 144 g/mol. The van der Waals surface area contributed by atoms with Crippen LogP contribution in [-0.2, 0) is 9.53 Å². The quantitative estimate of drug-likeness (QED) is 0.488. The predicted molar refractivity (Wildman–Crippen MR) is 42.6 cm³/mol. The van der Waals surface area contributed by atoms with Crippen LogP contribution in [0.1, 0.15) is 12.8 Å². The number of hydrogen-bond donors (Lipinski definition) is 2. The third-order valence-electron chi connectivity index (χ3n) is 1.09. The van der Waals surface area contributed by atoms with E-state index in [0.29, 0.717) is 13.2 Å². The van der Waals surface area contributed by atoms with Gasteiger partial charge in [-0.1, -0.05) is 0 Å². The number of ether oxygens (including phenoxy) is 1. The average molecular weight is 159 g/mol. The Morgan fingerprint density at radius 2 is 2.27 bits per heavy atom. The first-order valence-electron chi connectivity index (χ1n) is 3.65.